The normalized spacial score (nSPS) is 28.5. The standard InChI is InChI=1S/C9H11BrOS/c10-7-3-4-12-9(7)5-6-1-2-8(6)11/h3-4,6,8,11H,1-2,5H2. The third-order valence-corrected chi connectivity index (χ3v) is 4.46. The molecule has 0 bridgehead atoms. The molecule has 2 rings (SSSR count). The van der Waals surface area contributed by atoms with Crippen molar-refractivity contribution >= 4 is 27.3 Å². The molecular weight excluding hydrogens is 236 g/mol. The molecule has 0 amide bonds. The van der Waals surface area contributed by atoms with Crippen LogP contribution < -0.4 is 0 Å². The molecule has 1 aliphatic carbocycles. The van der Waals surface area contributed by atoms with Crippen molar-refractivity contribution in [3.05, 3.63) is 20.8 Å². The van der Waals surface area contributed by atoms with Crippen molar-refractivity contribution in [3.63, 3.8) is 0 Å². The van der Waals surface area contributed by atoms with E-state index in [1.165, 1.54) is 15.8 Å². The fraction of sp³-hybridized carbons (Fsp3) is 0.556. The maximum Gasteiger partial charge on any atom is 0.0572 e. The van der Waals surface area contributed by atoms with Gasteiger partial charge < -0.3 is 5.11 Å². The first kappa shape index (κ1) is 8.73. The second kappa shape index (κ2) is 3.48. The van der Waals surface area contributed by atoms with Gasteiger partial charge in [-0.15, -0.1) is 11.3 Å². The van der Waals surface area contributed by atoms with Gasteiger partial charge >= 0.3 is 0 Å². The molecule has 0 radical (unpaired) electrons. The Hall–Kier alpha value is 0.140. The lowest BCUT2D eigenvalue weighted by molar-refractivity contribution is 0.0248. The van der Waals surface area contributed by atoms with Crippen LogP contribution in [0.4, 0.5) is 0 Å². The van der Waals surface area contributed by atoms with Gasteiger partial charge in [0.05, 0.1) is 6.10 Å². The van der Waals surface area contributed by atoms with Crippen LogP contribution >= 0.6 is 27.3 Å². The molecule has 1 heterocycles. The van der Waals surface area contributed by atoms with Crippen molar-refractivity contribution in [3.8, 4) is 0 Å². The van der Waals surface area contributed by atoms with E-state index in [9.17, 15) is 5.11 Å². The maximum atomic E-state index is 9.39. The highest BCUT2D eigenvalue weighted by atomic mass is 79.9. The van der Waals surface area contributed by atoms with Gasteiger partial charge in [-0.3, -0.25) is 0 Å². The molecule has 1 aromatic rings. The number of aliphatic hydroxyl groups is 1. The Labute approximate surface area is 84.6 Å². The highest BCUT2D eigenvalue weighted by Crippen LogP contribution is 2.34. The Morgan fingerprint density at radius 2 is 2.42 bits per heavy atom. The molecule has 0 aromatic carbocycles. The summed E-state index contributed by atoms with van der Waals surface area (Å²) in [4.78, 5) is 1.37. The molecule has 1 N–H and O–H groups in total. The summed E-state index contributed by atoms with van der Waals surface area (Å²) in [5, 5.41) is 11.5. The molecule has 66 valence electrons. The molecule has 2 unspecified atom stereocenters. The second-order valence-electron chi connectivity index (χ2n) is 3.30. The monoisotopic (exact) mass is 246 g/mol. The third kappa shape index (κ3) is 1.58. The van der Waals surface area contributed by atoms with Crippen LogP contribution in [-0.4, -0.2) is 11.2 Å². The van der Waals surface area contributed by atoms with Gasteiger partial charge in [0, 0.05) is 9.35 Å². The zero-order valence-corrected chi connectivity index (χ0v) is 9.07. The Balaban J connectivity index is 1.99. The number of halogens is 1. The zero-order valence-electron chi connectivity index (χ0n) is 6.66. The van der Waals surface area contributed by atoms with E-state index in [1.807, 2.05) is 0 Å². The highest BCUT2D eigenvalue weighted by molar-refractivity contribution is 9.10. The van der Waals surface area contributed by atoms with Gasteiger partial charge in [-0.1, -0.05) is 0 Å². The lowest BCUT2D eigenvalue weighted by Gasteiger charge is -2.32. The van der Waals surface area contributed by atoms with E-state index in [4.69, 9.17) is 0 Å². The van der Waals surface area contributed by atoms with Crippen LogP contribution in [0.25, 0.3) is 0 Å². The number of hydrogen-bond donors (Lipinski definition) is 1. The SMILES string of the molecule is OC1CCC1Cc1sccc1Br. The van der Waals surface area contributed by atoms with Crippen molar-refractivity contribution in [2.45, 2.75) is 25.4 Å². The van der Waals surface area contributed by atoms with Crippen LogP contribution in [0.15, 0.2) is 15.9 Å². The predicted octanol–water partition coefficient (Wildman–Crippen LogP) is 2.82. The minimum atomic E-state index is -0.0426. The smallest absolute Gasteiger partial charge is 0.0572 e. The van der Waals surface area contributed by atoms with E-state index in [-0.39, 0.29) is 6.10 Å². The average Bonchev–Trinajstić information content (AvgIpc) is 2.44. The van der Waals surface area contributed by atoms with Crippen LogP contribution in [0.3, 0.4) is 0 Å². The molecule has 12 heavy (non-hydrogen) atoms. The molecule has 1 saturated carbocycles. The summed E-state index contributed by atoms with van der Waals surface area (Å²) in [5.41, 5.74) is 0. The van der Waals surface area contributed by atoms with Crippen LogP contribution in [-0.2, 0) is 6.42 Å². The first-order valence-corrected chi connectivity index (χ1v) is 5.84. The second-order valence-corrected chi connectivity index (χ2v) is 5.16. The summed E-state index contributed by atoms with van der Waals surface area (Å²) in [6, 6.07) is 2.07. The van der Waals surface area contributed by atoms with Gasteiger partial charge in [0.25, 0.3) is 0 Å². The minimum Gasteiger partial charge on any atom is -0.393 e. The van der Waals surface area contributed by atoms with Crippen molar-refractivity contribution in [1.29, 1.82) is 0 Å². The van der Waals surface area contributed by atoms with Gasteiger partial charge in [-0.25, -0.2) is 0 Å². The van der Waals surface area contributed by atoms with Gasteiger partial charge in [0.15, 0.2) is 0 Å². The predicted molar refractivity (Wildman–Crippen MR) is 54.5 cm³/mol. The van der Waals surface area contributed by atoms with Gasteiger partial charge in [-0.2, -0.15) is 0 Å². The number of aliphatic hydroxyl groups excluding tert-OH is 1. The first-order chi connectivity index (χ1) is 5.77. The summed E-state index contributed by atoms with van der Waals surface area (Å²) in [6.07, 6.45) is 3.18. The molecule has 0 saturated heterocycles. The highest BCUT2D eigenvalue weighted by Gasteiger charge is 2.29. The number of thiophene rings is 1. The maximum absolute atomic E-state index is 9.39. The summed E-state index contributed by atoms with van der Waals surface area (Å²) >= 11 is 5.27. The summed E-state index contributed by atoms with van der Waals surface area (Å²) in [7, 11) is 0. The topological polar surface area (TPSA) is 20.2 Å². The van der Waals surface area contributed by atoms with E-state index < -0.39 is 0 Å². The Morgan fingerprint density at radius 1 is 1.58 bits per heavy atom. The summed E-state index contributed by atoms with van der Waals surface area (Å²) < 4.78 is 1.20. The van der Waals surface area contributed by atoms with E-state index in [1.54, 1.807) is 11.3 Å². The summed E-state index contributed by atoms with van der Waals surface area (Å²) in [6.45, 7) is 0. The van der Waals surface area contributed by atoms with Crippen LogP contribution in [0.2, 0.25) is 0 Å². The lowest BCUT2D eigenvalue weighted by atomic mass is 9.79. The third-order valence-electron chi connectivity index (χ3n) is 2.52. The quantitative estimate of drug-likeness (QED) is 0.852. The van der Waals surface area contributed by atoms with Gasteiger partial charge in [0.2, 0.25) is 0 Å². The van der Waals surface area contributed by atoms with Crippen LogP contribution in [0.1, 0.15) is 17.7 Å². The fourth-order valence-electron chi connectivity index (χ4n) is 1.50. The van der Waals surface area contributed by atoms with Gasteiger partial charge in [0.1, 0.15) is 0 Å². The van der Waals surface area contributed by atoms with Crippen molar-refractivity contribution < 1.29 is 5.11 Å². The lowest BCUT2D eigenvalue weighted by Crippen LogP contribution is -2.32. The van der Waals surface area contributed by atoms with Crippen molar-refractivity contribution in [2.75, 3.05) is 0 Å². The number of hydrogen-bond acceptors (Lipinski definition) is 2. The minimum absolute atomic E-state index is 0.0426. The Kier molecular flexibility index (Phi) is 2.53. The Bertz CT molecular complexity index is 271. The van der Waals surface area contributed by atoms with Crippen LogP contribution in [0, 0.1) is 5.92 Å². The zero-order chi connectivity index (χ0) is 8.55. The van der Waals surface area contributed by atoms with Gasteiger partial charge in [-0.05, 0) is 52.6 Å². The van der Waals surface area contributed by atoms with E-state index in [2.05, 4.69) is 27.4 Å². The molecule has 1 aromatic heterocycles. The van der Waals surface area contributed by atoms with E-state index in [0.717, 1.165) is 12.8 Å². The molecular formula is C9H11BrOS. The molecule has 1 fully saturated rings. The fourth-order valence-corrected chi connectivity index (χ4v) is 3.11. The average molecular weight is 247 g/mol. The van der Waals surface area contributed by atoms with Crippen molar-refractivity contribution in [1.82, 2.24) is 0 Å². The Morgan fingerprint density at radius 3 is 2.83 bits per heavy atom. The molecule has 1 nitrogen and oxygen atoms in total. The molecule has 0 spiro atoms. The molecule has 1 aliphatic rings. The number of rotatable bonds is 2. The molecule has 0 aliphatic heterocycles. The largest absolute Gasteiger partial charge is 0.393 e. The van der Waals surface area contributed by atoms with E-state index >= 15 is 0 Å². The van der Waals surface area contributed by atoms with Crippen LogP contribution in [0.5, 0.6) is 0 Å². The first-order valence-electron chi connectivity index (χ1n) is 4.17. The van der Waals surface area contributed by atoms with Crippen molar-refractivity contribution in [2.24, 2.45) is 5.92 Å². The summed E-state index contributed by atoms with van der Waals surface area (Å²) in [5.74, 6) is 0.514. The molecule has 3 heteroatoms. The van der Waals surface area contributed by atoms with E-state index in [0.29, 0.717) is 5.92 Å². The molecule has 2 atom stereocenters.